The summed E-state index contributed by atoms with van der Waals surface area (Å²) in [5.74, 6) is -1.31. The summed E-state index contributed by atoms with van der Waals surface area (Å²) in [7, 11) is -8.25. The van der Waals surface area contributed by atoms with Crippen LogP contribution in [0.25, 0.3) is 0 Å². The maximum atomic E-state index is 13.8. The van der Waals surface area contributed by atoms with Gasteiger partial charge in [0.2, 0.25) is 0 Å². The first-order valence-electron chi connectivity index (χ1n) is 12.2. The van der Waals surface area contributed by atoms with Gasteiger partial charge in [0.05, 0.1) is 25.6 Å². The fourth-order valence-corrected chi connectivity index (χ4v) is 9.48. The van der Waals surface area contributed by atoms with E-state index in [1.165, 1.54) is 36.0 Å². The van der Waals surface area contributed by atoms with Crippen molar-refractivity contribution in [2.24, 2.45) is 0 Å². The van der Waals surface area contributed by atoms with Gasteiger partial charge in [0.1, 0.15) is 15.4 Å². The van der Waals surface area contributed by atoms with Crippen molar-refractivity contribution < 1.29 is 41.5 Å². The van der Waals surface area contributed by atoms with Gasteiger partial charge >= 0.3 is 0 Å². The van der Waals surface area contributed by atoms with Crippen molar-refractivity contribution in [3.05, 3.63) is 149 Å². The van der Waals surface area contributed by atoms with E-state index in [1.54, 1.807) is 66.7 Å². The lowest BCUT2D eigenvalue weighted by molar-refractivity contribution is -1.91. The van der Waals surface area contributed by atoms with Gasteiger partial charge in [-0.1, -0.05) is 53.7 Å². The quantitative estimate of drug-likeness (QED) is 0.180. The molecule has 0 spiro atoms. The Bertz CT molecular complexity index is 1650. The van der Waals surface area contributed by atoms with Crippen LogP contribution in [-0.4, -0.2) is 5.78 Å². The summed E-state index contributed by atoms with van der Waals surface area (Å²) in [6.45, 7) is 0. The van der Waals surface area contributed by atoms with Crippen LogP contribution in [0.2, 0.25) is 5.02 Å². The lowest BCUT2D eigenvalue weighted by Gasteiger charge is -2.34. The third-order valence-electron chi connectivity index (χ3n) is 6.08. The highest BCUT2D eigenvalue weighted by Crippen LogP contribution is 2.70. The molecule has 0 unspecified atom stereocenters. The second kappa shape index (κ2) is 12.5. The largest absolute Gasteiger partial charge is 0.289 e. The molecular weight excluding hydrogens is 625 g/mol. The molecule has 0 heterocycles. The summed E-state index contributed by atoms with van der Waals surface area (Å²) >= 11 is 7.82. The molecular formula is C31H20Cl2F2O5S2. The number of hydrogen-bond acceptors (Lipinski definition) is 6. The Hall–Kier alpha value is -3.25. The molecule has 11 heteroatoms. The van der Waals surface area contributed by atoms with Gasteiger partial charge in [-0.3, -0.25) is 4.79 Å². The van der Waals surface area contributed by atoms with Crippen LogP contribution in [0.1, 0.15) is 15.9 Å². The number of benzene rings is 5. The molecule has 0 radical (unpaired) electrons. The smallest absolute Gasteiger partial charge is 0.193 e. The summed E-state index contributed by atoms with van der Waals surface area (Å²) < 4.78 is 69.0. The van der Waals surface area contributed by atoms with Crippen molar-refractivity contribution in [2.75, 3.05) is 0 Å². The number of ketones is 1. The van der Waals surface area contributed by atoms with Gasteiger partial charge in [-0.05, 0) is 91.0 Å². The molecule has 0 saturated heterocycles. The minimum atomic E-state index is -4.97. The number of rotatable bonds is 9. The van der Waals surface area contributed by atoms with E-state index in [1.807, 2.05) is 6.07 Å². The van der Waals surface area contributed by atoms with Gasteiger partial charge in [0, 0.05) is 35.6 Å². The Labute approximate surface area is 253 Å². The minimum Gasteiger partial charge on any atom is -0.289 e. The Morgan fingerprint density at radius 3 is 1.67 bits per heavy atom. The third-order valence-corrected chi connectivity index (χ3v) is 11.8. The molecule has 5 nitrogen and oxygen atoms in total. The Morgan fingerprint density at radius 2 is 1.19 bits per heavy atom. The van der Waals surface area contributed by atoms with Crippen LogP contribution in [-0.2, 0) is 3.74 Å². The van der Waals surface area contributed by atoms with E-state index in [0.717, 1.165) is 24.3 Å². The molecule has 0 aliphatic heterocycles. The average molecular weight is 646 g/mol. The van der Waals surface area contributed by atoms with Crippen LogP contribution >= 0.6 is 33.7 Å². The lowest BCUT2D eigenvalue weighted by Crippen LogP contribution is -2.61. The van der Waals surface area contributed by atoms with Crippen molar-refractivity contribution in [2.45, 2.75) is 24.5 Å². The molecule has 0 aromatic heterocycles. The fourth-order valence-electron chi connectivity index (χ4n) is 4.19. The summed E-state index contributed by atoms with van der Waals surface area (Å²) in [4.78, 5) is 14.9. The maximum Gasteiger partial charge on any atom is 0.193 e. The topological polar surface area (TPSA) is 95.5 Å². The van der Waals surface area contributed by atoms with E-state index >= 15 is 0 Å². The Morgan fingerprint density at radius 1 is 0.690 bits per heavy atom. The predicted octanol–water partition coefficient (Wildman–Crippen LogP) is 6.11. The predicted molar refractivity (Wildman–Crippen MR) is 148 cm³/mol. The summed E-state index contributed by atoms with van der Waals surface area (Å²) in [5.41, 5.74) is 0.979. The zero-order valence-corrected chi connectivity index (χ0v) is 24.6. The van der Waals surface area contributed by atoms with Crippen LogP contribution in [0.3, 0.4) is 0 Å². The molecule has 214 valence electrons. The SMILES string of the molecule is O=C(c1ccccc1)c1ccc(Sc2ccc(S(O[Cl+3]([O-])([O-])[O-])(c3ccc(F)cc3)c3ccc(F)cc3)cc2)c(Cl)c1. The normalized spacial score (nSPS) is 12.2. The van der Waals surface area contributed by atoms with Crippen LogP contribution in [0, 0.1) is 21.9 Å². The molecule has 0 fully saturated rings. The molecule has 0 aliphatic carbocycles. The zero-order valence-electron chi connectivity index (χ0n) is 21.4. The van der Waals surface area contributed by atoms with Crippen molar-refractivity contribution in [3.63, 3.8) is 0 Å². The van der Waals surface area contributed by atoms with E-state index < -0.39 is 32.2 Å². The number of carbonyl (C=O) groups is 1. The first-order valence-corrected chi connectivity index (χ1v) is 16.2. The molecule has 0 amide bonds. The first kappa shape index (κ1) is 30.2. The Balaban J connectivity index is 1.51. The van der Waals surface area contributed by atoms with E-state index in [0.29, 0.717) is 30.8 Å². The standard InChI is InChI=1S/C31H20Cl2F2O5S2/c32-29-20-22(31(36)21-4-2-1-3-5-21)6-19-30(29)41-25-11-17-28(18-12-25)42(40-33(37,38)39,26-13-7-23(34)8-14-26)27-15-9-24(35)10-16-27/h1-20H. The molecule has 0 N–H and O–H groups in total. The van der Waals surface area contributed by atoms with Gasteiger partial charge in [-0.15, -0.1) is 0 Å². The minimum absolute atomic E-state index is 0.160. The molecule has 5 aromatic carbocycles. The highest BCUT2D eigenvalue weighted by molar-refractivity contribution is 8.29. The van der Waals surface area contributed by atoms with Crippen molar-refractivity contribution >= 4 is 39.5 Å². The summed E-state index contributed by atoms with van der Waals surface area (Å²) in [5, 5.41) is 0.364. The number of hydrogen-bond donors (Lipinski definition) is 0. The lowest BCUT2D eigenvalue weighted by atomic mass is 10.0. The summed E-state index contributed by atoms with van der Waals surface area (Å²) in [6, 6.07) is 30.2. The van der Waals surface area contributed by atoms with Crippen LogP contribution in [0.4, 0.5) is 8.78 Å². The van der Waals surface area contributed by atoms with Crippen LogP contribution in [0.5, 0.6) is 0 Å². The highest BCUT2D eigenvalue weighted by Gasteiger charge is 2.46. The van der Waals surface area contributed by atoms with Gasteiger partial charge < -0.3 is 0 Å². The number of carbonyl (C=O) groups excluding carboxylic acids is 1. The molecule has 42 heavy (non-hydrogen) atoms. The molecule has 0 bridgehead atoms. The molecule has 0 atom stereocenters. The van der Waals surface area contributed by atoms with Crippen LogP contribution in [0.15, 0.2) is 146 Å². The van der Waals surface area contributed by atoms with Gasteiger partial charge in [0.15, 0.2) is 5.78 Å². The zero-order chi connectivity index (χ0) is 29.9. The van der Waals surface area contributed by atoms with Crippen molar-refractivity contribution in [3.8, 4) is 0 Å². The van der Waals surface area contributed by atoms with E-state index in [-0.39, 0.29) is 15.6 Å². The summed E-state index contributed by atoms with van der Waals surface area (Å²) in [6.07, 6.45) is 0. The van der Waals surface area contributed by atoms with Gasteiger partial charge in [-0.25, -0.2) is 8.78 Å². The monoisotopic (exact) mass is 644 g/mol. The molecule has 5 aromatic rings. The Kier molecular flexibility index (Phi) is 9.03. The second-order valence-electron chi connectivity index (χ2n) is 8.82. The van der Waals surface area contributed by atoms with Gasteiger partial charge in [0.25, 0.3) is 0 Å². The van der Waals surface area contributed by atoms with E-state index in [4.69, 9.17) is 15.3 Å². The van der Waals surface area contributed by atoms with Gasteiger partial charge in [-0.2, -0.15) is 14.0 Å². The molecule has 0 aliphatic rings. The maximum absolute atomic E-state index is 13.8. The third kappa shape index (κ3) is 6.70. The number of halogens is 4. The van der Waals surface area contributed by atoms with Crippen LogP contribution < -0.4 is 14.0 Å². The fraction of sp³-hybridized carbons (Fsp3) is 0. The van der Waals surface area contributed by atoms with Crippen molar-refractivity contribution in [1.29, 1.82) is 0 Å². The first-order chi connectivity index (χ1) is 20.0. The second-order valence-corrected chi connectivity index (χ2v) is 14.1. The van der Waals surface area contributed by atoms with Crippen molar-refractivity contribution in [1.82, 2.24) is 0 Å². The highest BCUT2D eigenvalue weighted by atomic mass is 35.7. The average Bonchev–Trinajstić information content (AvgIpc) is 2.98. The molecule has 0 saturated carbocycles. The molecule has 5 rings (SSSR count). The van der Waals surface area contributed by atoms with E-state index in [9.17, 15) is 27.6 Å². The van der Waals surface area contributed by atoms with E-state index in [2.05, 4.69) is 0 Å².